The smallest absolute Gasteiger partial charge is 0.318 e. The van der Waals surface area contributed by atoms with Gasteiger partial charge in [0.2, 0.25) is 11.6 Å². The number of benzene rings is 2. The second kappa shape index (κ2) is 13.0. The molecular formula is C24H19BrN6O8. The highest BCUT2D eigenvalue weighted by atomic mass is 79.9. The minimum absolute atomic E-state index is 0.00627. The number of nitro benzene ring substituents is 2. The van der Waals surface area contributed by atoms with Crippen molar-refractivity contribution in [1.82, 2.24) is 10.4 Å². The number of nitriles is 1. The Kier molecular flexibility index (Phi) is 9.57. The lowest BCUT2D eigenvalue weighted by Crippen LogP contribution is -2.25. The number of aromatic nitrogens is 1. The van der Waals surface area contributed by atoms with Crippen LogP contribution in [-0.4, -0.2) is 40.7 Å². The number of hydrazone groups is 1. The zero-order valence-corrected chi connectivity index (χ0v) is 22.0. The molecule has 2 aromatic carbocycles. The number of pyridine rings is 1. The summed E-state index contributed by atoms with van der Waals surface area (Å²) in [6.07, 6.45) is 1.34. The number of carbonyl (C=O) groups is 1. The van der Waals surface area contributed by atoms with Gasteiger partial charge in [-0.15, -0.1) is 0 Å². The molecule has 1 amide bonds. The van der Waals surface area contributed by atoms with E-state index in [4.69, 9.17) is 14.2 Å². The Balaban J connectivity index is 1.60. The number of carbonyl (C=O) groups excluding carboxylic acids is 1. The summed E-state index contributed by atoms with van der Waals surface area (Å²) in [5.41, 5.74) is 3.13. The lowest BCUT2D eigenvalue weighted by atomic mass is 10.1. The number of amides is 1. The summed E-state index contributed by atoms with van der Waals surface area (Å²) in [4.78, 5) is 37.0. The third-order valence-corrected chi connectivity index (χ3v) is 6.02. The van der Waals surface area contributed by atoms with Gasteiger partial charge in [0.05, 0.1) is 34.4 Å². The minimum atomic E-state index is -0.774. The summed E-state index contributed by atoms with van der Waals surface area (Å²) in [5.74, 6) is -0.534. The maximum atomic E-state index is 12.2. The number of non-ortho nitro benzene ring substituents is 1. The molecule has 1 aromatic heterocycles. The van der Waals surface area contributed by atoms with Crippen molar-refractivity contribution in [2.45, 2.75) is 13.5 Å². The van der Waals surface area contributed by atoms with E-state index in [-0.39, 0.29) is 29.5 Å². The predicted octanol–water partition coefficient (Wildman–Crippen LogP) is 4.31. The van der Waals surface area contributed by atoms with Gasteiger partial charge in [-0.3, -0.25) is 25.0 Å². The molecule has 0 unspecified atom stereocenters. The Labute approximate surface area is 229 Å². The molecule has 3 aromatic rings. The summed E-state index contributed by atoms with van der Waals surface area (Å²) in [6, 6.07) is 11.2. The van der Waals surface area contributed by atoms with Gasteiger partial charge in [0.1, 0.15) is 17.4 Å². The average Bonchev–Trinajstić information content (AvgIpc) is 2.91. The van der Waals surface area contributed by atoms with Crippen molar-refractivity contribution in [2.24, 2.45) is 5.10 Å². The topological polar surface area (TPSA) is 192 Å². The Bertz CT molecular complexity index is 1490. The predicted molar refractivity (Wildman–Crippen MR) is 140 cm³/mol. The van der Waals surface area contributed by atoms with Crippen LogP contribution in [0.3, 0.4) is 0 Å². The molecule has 14 nitrogen and oxygen atoms in total. The van der Waals surface area contributed by atoms with Gasteiger partial charge >= 0.3 is 5.69 Å². The summed E-state index contributed by atoms with van der Waals surface area (Å²) in [5, 5.41) is 35.5. The average molecular weight is 599 g/mol. The number of aryl methyl sites for hydroxylation is 1. The van der Waals surface area contributed by atoms with E-state index in [1.54, 1.807) is 19.1 Å². The summed E-state index contributed by atoms with van der Waals surface area (Å²) < 4.78 is 16.7. The van der Waals surface area contributed by atoms with Gasteiger partial charge in [0.15, 0.2) is 6.61 Å². The van der Waals surface area contributed by atoms with Crippen LogP contribution in [0, 0.1) is 38.5 Å². The van der Waals surface area contributed by atoms with Crippen molar-refractivity contribution in [3.05, 3.63) is 89.6 Å². The molecule has 0 bridgehead atoms. The summed E-state index contributed by atoms with van der Waals surface area (Å²) in [6.45, 7) is 1.41. The Morgan fingerprint density at radius 3 is 2.54 bits per heavy atom. The van der Waals surface area contributed by atoms with Gasteiger partial charge in [-0.2, -0.15) is 10.4 Å². The van der Waals surface area contributed by atoms with E-state index in [9.17, 15) is 30.3 Å². The highest BCUT2D eigenvalue weighted by Gasteiger charge is 2.21. The quantitative estimate of drug-likeness (QED) is 0.189. The molecule has 1 heterocycles. The van der Waals surface area contributed by atoms with Crippen LogP contribution in [0.2, 0.25) is 0 Å². The SMILES string of the molecule is COCc1c(Br)c(C)nc(OCC(=O)NN=Cc2ccc(Oc3ccc([N+](=O)[O-])cc3[N+](=O)[O-])cc2)c1C#N. The van der Waals surface area contributed by atoms with E-state index >= 15 is 0 Å². The number of nitrogens with one attached hydrogen (secondary N) is 1. The maximum Gasteiger partial charge on any atom is 0.318 e. The van der Waals surface area contributed by atoms with Crippen molar-refractivity contribution in [2.75, 3.05) is 13.7 Å². The molecule has 0 saturated heterocycles. The molecule has 0 spiro atoms. The Hall–Kier alpha value is -4.94. The Morgan fingerprint density at radius 2 is 1.92 bits per heavy atom. The number of nitro groups is 2. The highest BCUT2D eigenvalue weighted by molar-refractivity contribution is 9.10. The highest BCUT2D eigenvalue weighted by Crippen LogP contribution is 2.34. The van der Waals surface area contributed by atoms with Crippen molar-refractivity contribution in [1.29, 1.82) is 5.26 Å². The first kappa shape index (κ1) is 28.6. The molecule has 39 heavy (non-hydrogen) atoms. The van der Waals surface area contributed by atoms with E-state index in [0.29, 0.717) is 21.3 Å². The maximum absolute atomic E-state index is 12.2. The van der Waals surface area contributed by atoms with Crippen LogP contribution in [0.4, 0.5) is 11.4 Å². The summed E-state index contributed by atoms with van der Waals surface area (Å²) in [7, 11) is 1.49. The Morgan fingerprint density at radius 1 is 1.21 bits per heavy atom. The fraction of sp³-hybridized carbons (Fsp3) is 0.167. The van der Waals surface area contributed by atoms with Crippen LogP contribution in [-0.2, 0) is 16.1 Å². The fourth-order valence-corrected chi connectivity index (χ4v) is 3.56. The van der Waals surface area contributed by atoms with Crippen molar-refractivity contribution < 1.29 is 28.9 Å². The van der Waals surface area contributed by atoms with Gasteiger partial charge in [0, 0.05) is 23.2 Å². The zero-order valence-electron chi connectivity index (χ0n) is 20.4. The molecule has 0 atom stereocenters. The first-order valence-corrected chi connectivity index (χ1v) is 11.7. The van der Waals surface area contributed by atoms with Crippen LogP contribution >= 0.6 is 15.9 Å². The molecule has 0 aliphatic carbocycles. The number of halogens is 1. The monoisotopic (exact) mass is 598 g/mol. The van der Waals surface area contributed by atoms with E-state index in [2.05, 4.69) is 31.4 Å². The first-order valence-electron chi connectivity index (χ1n) is 10.9. The van der Waals surface area contributed by atoms with Gasteiger partial charge in [-0.05, 0) is 58.7 Å². The van der Waals surface area contributed by atoms with Crippen molar-refractivity contribution in [3.63, 3.8) is 0 Å². The molecule has 3 rings (SSSR count). The van der Waals surface area contributed by atoms with E-state index < -0.39 is 33.7 Å². The number of methoxy groups -OCH3 is 1. The molecule has 200 valence electrons. The third kappa shape index (κ3) is 7.31. The van der Waals surface area contributed by atoms with Crippen LogP contribution in [0.25, 0.3) is 0 Å². The fourth-order valence-electron chi connectivity index (χ4n) is 3.16. The standard InChI is InChI=1S/C24H19BrN6O8/c1-14-23(25)19(12-37-2)18(10-26)24(28-14)38-13-22(32)29-27-11-15-3-6-17(7-4-15)39-21-8-5-16(30(33)34)9-20(21)31(35)36/h3-9,11H,12-13H2,1-2H3,(H,29,32). The molecular weight excluding hydrogens is 580 g/mol. The number of nitrogens with zero attached hydrogens (tertiary/aromatic N) is 5. The zero-order chi connectivity index (χ0) is 28.5. The number of hydrogen-bond donors (Lipinski definition) is 1. The van der Waals surface area contributed by atoms with Crippen molar-refractivity contribution >= 4 is 39.4 Å². The van der Waals surface area contributed by atoms with Gasteiger partial charge in [0.25, 0.3) is 11.6 Å². The molecule has 0 aliphatic rings. The first-order chi connectivity index (χ1) is 18.6. The van der Waals surface area contributed by atoms with Crippen LogP contribution in [0.15, 0.2) is 52.0 Å². The number of hydrogen-bond acceptors (Lipinski definition) is 11. The summed E-state index contributed by atoms with van der Waals surface area (Å²) >= 11 is 3.38. The number of rotatable bonds is 11. The lowest BCUT2D eigenvalue weighted by molar-refractivity contribution is -0.394. The van der Waals surface area contributed by atoms with Crippen molar-refractivity contribution in [3.8, 4) is 23.4 Å². The molecule has 15 heteroatoms. The van der Waals surface area contributed by atoms with E-state index in [0.717, 1.165) is 18.2 Å². The van der Waals surface area contributed by atoms with E-state index in [1.165, 1.54) is 25.5 Å². The molecule has 0 fully saturated rings. The number of ether oxygens (including phenoxy) is 3. The van der Waals surface area contributed by atoms with E-state index in [1.807, 2.05) is 6.07 Å². The van der Waals surface area contributed by atoms with Crippen LogP contribution in [0.5, 0.6) is 17.4 Å². The molecule has 1 N–H and O–H groups in total. The minimum Gasteiger partial charge on any atom is -0.467 e. The van der Waals surface area contributed by atoms with Gasteiger partial charge in [-0.1, -0.05) is 0 Å². The molecule has 0 saturated carbocycles. The second-order valence-corrected chi connectivity index (χ2v) is 8.43. The van der Waals surface area contributed by atoms with Gasteiger partial charge < -0.3 is 14.2 Å². The largest absolute Gasteiger partial charge is 0.467 e. The second-order valence-electron chi connectivity index (χ2n) is 7.63. The van der Waals surface area contributed by atoms with Gasteiger partial charge in [-0.25, -0.2) is 10.4 Å². The van der Waals surface area contributed by atoms with Crippen LogP contribution < -0.4 is 14.9 Å². The lowest BCUT2D eigenvalue weighted by Gasteiger charge is -2.13. The third-order valence-electron chi connectivity index (χ3n) is 4.97. The molecule has 0 radical (unpaired) electrons. The normalized spacial score (nSPS) is 10.6. The molecule has 0 aliphatic heterocycles. The van der Waals surface area contributed by atoms with Crippen LogP contribution in [0.1, 0.15) is 22.4 Å².